The molecule has 128 valence electrons. The molecule has 1 amide bonds. The molecule has 3 aromatic rings. The predicted octanol–water partition coefficient (Wildman–Crippen LogP) is 4.08. The maximum Gasteiger partial charge on any atom is 0.254 e. The monoisotopic (exact) mass is 353 g/mol. The molecule has 0 saturated carbocycles. The number of benzene rings is 1. The van der Waals surface area contributed by atoms with Crippen LogP contribution in [0.5, 0.6) is 0 Å². The van der Waals surface area contributed by atoms with E-state index in [0.29, 0.717) is 22.9 Å². The maximum absolute atomic E-state index is 12.5. The fourth-order valence-corrected chi connectivity index (χ4v) is 3.37. The van der Waals surface area contributed by atoms with Crippen molar-refractivity contribution in [2.45, 2.75) is 37.2 Å². The van der Waals surface area contributed by atoms with E-state index < -0.39 is 0 Å². The normalized spacial score (nSPS) is 10.7. The highest BCUT2D eigenvalue weighted by atomic mass is 32.2. The number of amides is 1. The van der Waals surface area contributed by atoms with Gasteiger partial charge in [-0.1, -0.05) is 34.6 Å². The van der Waals surface area contributed by atoms with Crippen LogP contribution in [0.1, 0.15) is 32.9 Å². The summed E-state index contributed by atoms with van der Waals surface area (Å²) in [7, 11) is 0. The number of hydrogen-bond donors (Lipinski definition) is 1. The van der Waals surface area contributed by atoms with Gasteiger partial charge in [0, 0.05) is 17.2 Å². The van der Waals surface area contributed by atoms with E-state index in [-0.39, 0.29) is 5.91 Å². The average Bonchev–Trinajstić information content (AvgIpc) is 3.01. The zero-order valence-electron chi connectivity index (χ0n) is 14.4. The Morgan fingerprint density at radius 3 is 2.76 bits per heavy atom. The Morgan fingerprint density at radius 2 is 2.04 bits per heavy atom. The minimum Gasteiger partial charge on any atom is -0.359 e. The zero-order valence-corrected chi connectivity index (χ0v) is 15.2. The Balaban J connectivity index is 1.76. The number of rotatable bonds is 5. The fraction of sp³-hybridized carbons (Fsp3) is 0.211. The molecule has 0 bridgehead atoms. The number of carbonyl (C=O) groups is 1. The lowest BCUT2D eigenvalue weighted by Crippen LogP contribution is -2.23. The van der Waals surface area contributed by atoms with Crippen molar-refractivity contribution in [1.29, 1.82) is 0 Å². The van der Waals surface area contributed by atoms with Crippen molar-refractivity contribution < 1.29 is 9.32 Å². The van der Waals surface area contributed by atoms with Gasteiger partial charge in [-0.25, -0.2) is 4.98 Å². The lowest BCUT2D eigenvalue weighted by Gasteiger charge is -2.10. The number of aromatic nitrogens is 2. The van der Waals surface area contributed by atoms with Gasteiger partial charge in [-0.3, -0.25) is 4.79 Å². The predicted molar refractivity (Wildman–Crippen MR) is 96.7 cm³/mol. The molecular formula is C19H19N3O2S. The summed E-state index contributed by atoms with van der Waals surface area (Å²) in [6.07, 6.45) is 1.70. The molecule has 0 radical (unpaired) electrons. The Morgan fingerprint density at radius 1 is 1.20 bits per heavy atom. The average molecular weight is 353 g/mol. The third-order valence-electron chi connectivity index (χ3n) is 3.65. The first-order valence-corrected chi connectivity index (χ1v) is 8.75. The van der Waals surface area contributed by atoms with Crippen molar-refractivity contribution in [2.75, 3.05) is 0 Å². The molecule has 1 N–H and O–H groups in total. The minimum absolute atomic E-state index is 0.186. The van der Waals surface area contributed by atoms with Crippen LogP contribution in [0.2, 0.25) is 0 Å². The number of pyridine rings is 1. The largest absolute Gasteiger partial charge is 0.359 e. The number of nitrogens with one attached hydrogen (secondary N) is 1. The number of nitrogens with zero attached hydrogens (tertiary/aromatic N) is 2. The van der Waals surface area contributed by atoms with Gasteiger partial charge in [-0.2, -0.15) is 0 Å². The second-order valence-corrected chi connectivity index (χ2v) is 6.88. The highest BCUT2D eigenvalue weighted by molar-refractivity contribution is 7.99. The minimum atomic E-state index is -0.186. The van der Waals surface area contributed by atoms with Crippen LogP contribution < -0.4 is 5.32 Å². The smallest absolute Gasteiger partial charge is 0.254 e. The summed E-state index contributed by atoms with van der Waals surface area (Å²) < 4.78 is 5.12. The van der Waals surface area contributed by atoms with Crippen LogP contribution in [0.3, 0.4) is 0 Å². The van der Waals surface area contributed by atoms with Gasteiger partial charge < -0.3 is 9.84 Å². The molecule has 0 unspecified atom stereocenters. The van der Waals surface area contributed by atoms with Gasteiger partial charge in [-0.15, -0.1) is 0 Å². The molecule has 3 rings (SSSR count). The van der Waals surface area contributed by atoms with Crippen molar-refractivity contribution in [3.8, 4) is 0 Å². The van der Waals surface area contributed by atoms with Crippen LogP contribution >= 0.6 is 11.8 Å². The number of carbonyl (C=O) groups excluding carboxylic acids is 1. The third kappa shape index (κ3) is 4.28. The van der Waals surface area contributed by atoms with Crippen molar-refractivity contribution in [3.63, 3.8) is 0 Å². The third-order valence-corrected chi connectivity index (χ3v) is 4.85. The van der Waals surface area contributed by atoms with Crippen LogP contribution in [0.15, 0.2) is 57.0 Å². The van der Waals surface area contributed by atoms with E-state index in [2.05, 4.69) is 47.5 Å². The van der Waals surface area contributed by atoms with Crippen molar-refractivity contribution >= 4 is 17.7 Å². The topological polar surface area (TPSA) is 68.0 Å². The van der Waals surface area contributed by atoms with Gasteiger partial charge in [0.2, 0.25) is 0 Å². The molecule has 2 aromatic heterocycles. The van der Waals surface area contributed by atoms with Gasteiger partial charge in [0.05, 0.1) is 17.8 Å². The molecule has 0 fully saturated rings. The van der Waals surface area contributed by atoms with Crippen molar-refractivity contribution in [2.24, 2.45) is 0 Å². The lowest BCUT2D eigenvalue weighted by molar-refractivity contribution is 0.0943. The van der Waals surface area contributed by atoms with Crippen molar-refractivity contribution in [1.82, 2.24) is 15.5 Å². The van der Waals surface area contributed by atoms with E-state index in [0.717, 1.165) is 10.6 Å². The fourth-order valence-electron chi connectivity index (χ4n) is 2.43. The molecule has 1 aromatic carbocycles. The molecule has 0 aliphatic carbocycles. The summed E-state index contributed by atoms with van der Waals surface area (Å²) in [5.41, 5.74) is 3.71. The number of hydrogen-bond acceptors (Lipinski definition) is 5. The molecule has 25 heavy (non-hydrogen) atoms. The molecule has 6 heteroatoms. The molecular weight excluding hydrogens is 334 g/mol. The molecule has 0 spiro atoms. The molecule has 5 nitrogen and oxygen atoms in total. The van der Waals surface area contributed by atoms with E-state index in [1.165, 1.54) is 22.9 Å². The van der Waals surface area contributed by atoms with Crippen LogP contribution in [0.25, 0.3) is 0 Å². The van der Waals surface area contributed by atoms with E-state index in [1.807, 2.05) is 6.92 Å². The SMILES string of the molecule is Cc1ccc(Sc2ncccc2C(=O)NCc2cc(C)no2)c(C)c1. The van der Waals surface area contributed by atoms with Gasteiger partial charge in [0.1, 0.15) is 5.03 Å². The van der Waals surface area contributed by atoms with Gasteiger partial charge in [0.25, 0.3) is 5.91 Å². The summed E-state index contributed by atoms with van der Waals surface area (Å²) in [5, 5.41) is 7.35. The first kappa shape index (κ1) is 17.2. The van der Waals surface area contributed by atoms with Gasteiger partial charge in [0.15, 0.2) is 5.76 Å². The summed E-state index contributed by atoms with van der Waals surface area (Å²) in [4.78, 5) is 18.0. The first-order valence-electron chi connectivity index (χ1n) is 7.93. The van der Waals surface area contributed by atoms with E-state index in [4.69, 9.17) is 4.52 Å². The van der Waals surface area contributed by atoms with Crippen molar-refractivity contribution in [3.05, 3.63) is 70.7 Å². The van der Waals surface area contributed by atoms with Crippen LogP contribution in [0, 0.1) is 20.8 Å². The quantitative estimate of drug-likeness (QED) is 0.749. The highest BCUT2D eigenvalue weighted by Crippen LogP contribution is 2.31. The number of aryl methyl sites for hydroxylation is 3. The summed E-state index contributed by atoms with van der Waals surface area (Å²) in [6, 6.07) is 11.6. The molecule has 2 heterocycles. The Labute approximate surface area is 150 Å². The van der Waals surface area contributed by atoms with E-state index in [9.17, 15) is 4.79 Å². The summed E-state index contributed by atoms with van der Waals surface area (Å²) >= 11 is 1.50. The Hall–Kier alpha value is -2.60. The standard InChI is InChI=1S/C19H19N3O2S/c1-12-6-7-17(13(2)9-12)25-19-16(5-4-8-20-19)18(23)21-11-15-10-14(3)22-24-15/h4-10H,11H2,1-3H3,(H,21,23). The van der Waals surface area contributed by atoms with Crippen LogP contribution in [-0.2, 0) is 6.54 Å². The molecule has 0 saturated heterocycles. The summed E-state index contributed by atoms with van der Waals surface area (Å²) in [6.45, 7) is 6.26. The zero-order chi connectivity index (χ0) is 17.8. The lowest BCUT2D eigenvalue weighted by atomic mass is 10.2. The summed E-state index contributed by atoms with van der Waals surface area (Å²) in [5.74, 6) is 0.438. The van der Waals surface area contributed by atoms with Crippen LogP contribution in [0.4, 0.5) is 0 Å². The Kier molecular flexibility index (Phi) is 5.19. The first-order chi connectivity index (χ1) is 12.0. The van der Waals surface area contributed by atoms with Crippen LogP contribution in [-0.4, -0.2) is 16.0 Å². The Bertz CT molecular complexity index is 905. The van der Waals surface area contributed by atoms with Gasteiger partial charge in [-0.05, 0) is 44.5 Å². The highest BCUT2D eigenvalue weighted by Gasteiger charge is 2.15. The van der Waals surface area contributed by atoms with E-state index in [1.54, 1.807) is 24.4 Å². The van der Waals surface area contributed by atoms with E-state index >= 15 is 0 Å². The molecule has 0 aliphatic heterocycles. The second kappa shape index (κ2) is 7.53. The molecule has 0 atom stereocenters. The van der Waals surface area contributed by atoms with Gasteiger partial charge >= 0.3 is 0 Å². The second-order valence-electron chi connectivity index (χ2n) is 5.84. The molecule has 0 aliphatic rings. The maximum atomic E-state index is 12.5.